The molecule has 1 heterocycles. The first-order chi connectivity index (χ1) is 5.77. The van der Waals surface area contributed by atoms with Gasteiger partial charge in [0.05, 0.1) is 0 Å². The van der Waals surface area contributed by atoms with E-state index in [0.29, 0.717) is 5.76 Å². The molecule has 0 radical (unpaired) electrons. The third-order valence-electron chi connectivity index (χ3n) is 1.69. The van der Waals surface area contributed by atoms with Gasteiger partial charge < -0.3 is 10.2 Å². The fraction of sp³-hybridized carbons (Fsp3) is 0. The van der Waals surface area contributed by atoms with Crippen molar-refractivity contribution in [3.05, 3.63) is 36.1 Å². The average Bonchev–Trinajstić information content (AvgIpc) is 2.46. The molecule has 3 heteroatoms. The maximum atomic E-state index is 7.15. The number of nitrogens with two attached hydrogens (primary N) is 1. The maximum Gasteiger partial charge on any atom is 0.169 e. The lowest BCUT2D eigenvalue weighted by molar-refractivity contribution is 0.603. The van der Waals surface area contributed by atoms with Gasteiger partial charge in [0.1, 0.15) is 5.58 Å². The van der Waals surface area contributed by atoms with Crippen molar-refractivity contribution in [3.63, 3.8) is 0 Å². The Morgan fingerprint density at radius 2 is 2.08 bits per heavy atom. The van der Waals surface area contributed by atoms with E-state index in [1.54, 1.807) is 6.07 Å². The first-order valence-electron chi connectivity index (χ1n) is 3.60. The van der Waals surface area contributed by atoms with Crippen LogP contribution in [0.25, 0.3) is 11.0 Å². The van der Waals surface area contributed by atoms with Crippen molar-refractivity contribution in [2.45, 2.75) is 0 Å². The average molecular weight is 160 g/mol. The normalized spacial score (nSPS) is 10.3. The van der Waals surface area contributed by atoms with E-state index in [-0.39, 0.29) is 5.84 Å². The summed E-state index contributed by atoms with van der Waals surface area (Å²) in [4.78, 5) is 0. The maximum absolute atomic E-state index is 7.15. The van der Waals surface area contributed by atoms with E-state index in [9.17, 15) is 0 Å². The standard InChI is InChI=1S/C9H8N2O/c10-9(11)8-5-6-3-1-2-4-7(6)12-8/h1-5H,(H3,10,11). The molecule has 1 aromatic heterocycles. The molecule has 0 aliphatic carbocycles. The molecule has 0 aliphatic rings. The molecule has 0 amide bonds. The van der Waals surface area contributed by atoms with Gasteiger partial charge in [0, 0.05) is 5.39 Å². The summed E-state index contributed by atoms with van der Waals surface area (Å²) in [6, 6.07) is 9.34. The van der Waals surface area contributed by atoms with Gasteiger partial charge in [0.15, 0.2) is 11.6 Å². The molecule has 1 aromatic carbocycles. The predicted molar refractivity (Wildman–Crippen MR) is 47.2 cm³/mol. The smallest absolute Gasteiger partial charge is 0.169 e. The molecule has 2 rings (SSSR count). The van der Waals surface area contributed by atoms with Crippen LogP contribution < -0.4 is 5.73 Å². The monoisotopic (exact) mass is 160 g/mol. The van der Waals surface area contributed by atoms with Gasteiger partial charge in [0.25, 0.3) is 0 Å². The predicted octanol–water partition coefficient (Wildman–Crippen LogP) is 1.72. The summed E-state index contributed by atoms with van der Waals surface area (Å²) in [7, 11) is 0. The van der Waals surface area contributed by atoms with Crippen molar-refractivity contribution in [2.24, 2.45) is 5.73 Å². The van der Waals surface area contributed by atoms with Gasteiger partial charge in [-0.15, -0.1) is 0 Å². The Bertz CT molecular complexity index is 398. The molecular formula is C9H8N2O. The Hall–Kier alpha value is -1.77. The number of hydrogen-bond donors (Lipinski definition) is 2. The Kier molecular flexibility index (Phi) is 1.37. The van der Waals surface area contributed by atoms with Crippen LogP contribution in [-0.4, -0.2) is 5.84 Å². The molecule has 0 atom stereocenters. The van der Waals surface area contributed by atoms with E-state index in [0.717, 1.165) is 11.0 Å². The first-order valence-corrected chi connectivity index (χ1v) is 3.60. The summed E-state index contributed by atoms with van der Waals surface area (Å²) in [5.74, 6) is 0.391. The highest BCUT2D eigenvalue weighted by Gasteiger charge is 2.03. The molecule has 60 valence electrons. The van der Waals surface area contributed by atoms with Crippen molar-refractivity contribution >= 4 is 16.8 Å². The van der Waals surface area contributed by atoms with Crippen molar-refractivity contribution in [1.29, 1.82) is 5.41 Å². The van der Waals surface area contributed by atoms with Crippen molar-refractivity contribution < 1.29 is 4.42 Å². The van der Waals surface area contributed by atoms with Crippen LogP contribution in [0.15, 0.2) is 34.7 Å². The van der Waals surface area contributed by atoms with Crippen LogP contribution in [0, 0.1) is 5.41 Å². The van der Waals surface area contributed by atoms with Crippen LogP contribution in [0.1, 0.15) is 5.76 Å². The first kappa shape index (κ1) is 6.91. The number of hydrogen-bond acceptors (Lipinski definition) is 2. The molecule has 0 fully saturated rings. The summed E-state index contributed by atoms with van der Waals surface area (Å²) in [6.07, 6.45) is 0. The van der Waals surface area contributed by atoms with Crippen LogP contribution >= 0.6 is 0 Å². The SMILES string of the molecule is N=C(N)c1cc2ccccc2o1. The summed E-state index contributed by atoms with van der Waals surface area (Å²) in [6.45, 7) is 0. The number of fused-ring (bicyclic) bond motifs is 1. The number of para-hydroxylation sites is 1. The zero-order chi connectivity index (χ0) is 8.55. The molecule has 0 bridgehead atoms. The van der Waals surface area contributed by atoms with Crippen molar-refractivity contribution in [3.8, 4) is 0 Å². The zero-order valence-corrected chi connectivity index (χ0v) is 6.37. The second-order valence-corrected chi connectivity index (χ2v) is 2.56. The summed E-state index contributed by atoms with van der Waals surface area (Å²) < 4.78 is 5.28. The third-order valence-corrected chi connectivity index (χ3v) is 1.69. The fourth-order valence-corrected chi connectivity index (χ4v) is 1.11. The van der Waals surface area contributed by atoms with Crippen LogP contribution in [-0.2, 0) is 0 Å². The molecule has 0 saturated heterocycles. The highest BCUT2D eigenvalue weighted by molar-refractivity contribution is 5.96. The topological polar surface area (TPSA) is 63.0 Å². The lowest BCUT2D eigenvalue weighted by atomic mass is 10.2. The van der Waals surface area contributed by atoms with E-state index >= 15 is 0 Å². The number of nitrogen functional groups attached to an aromatic ring is 1. The molecule has 0 saturated carbocycles. The number of benzene rings is 1. The van der Waals surface area contributed by atoms with Crippen LogP contribution in [0.5, 0.6) is 0 Å². The van der Waals surface area contributed by atoms with Gasteiger partial charge in [-0.3, -0.25) is 5.41 Å². The van der Waals surface area contributed by atoms with Gasteiger partial charge in [-0.1, -0.05) is 18.2 Å². The lowest BCUT2D eigenvalue weighted by Crippen LogP contribution is -2.09. The largest absolute Gasteiger partial charge is 0.453 e. The highest BCUT2D eigenvalue weighted by Crippen LogP contribution is 2.17. The van der Waals surface area contributed by atoms with E-state index < -0.39 is 0 Å². The summed E-state index contributed by atoms with van der Waals surface area (Å²) >= 11 is 0. The van der Waals surface area contributed by atoms with Gasteiger partial charge in [-0.25, -0.2) is 0 Å². The lowest BCUT2D eigenvalue weighted by Gasteiger charge is -1.86. The van der Waals surface area contributed by atoms with Gasteiger partial charge in [0.2, 0.25) is 0 Å². The van der Waals surface area contributed by atoms with Crippen molar-refractivity contribution in [1.82, 2.24) is 0 Å². The number of nitrogens with one attached hydrogen (secondary N) is 1. The van der Waals surface area contributed by atoms with Crippen LogP contribution in [0.3, 0.4) is 0 Å². The molecule has 12 heavy (non-hydrogen) atoms. The third kappa shape index (κ3) is 0.955. The molecule has 3 nitrogen and oxygen atoms in total. The highest BCUT2D eigenvalue weighted by atomic mass is 16.3. The second kappa shape index (κ2) is 2.37. The van der Waals surface area contributed by atoms with Crippen molar-refractivity contribution in [2.75, 3.05) is 0 Å². The zero-order valence-electron chi connectivity index (χ0n) is 6.37. The van der Waals surface area contributed by atoms with E-state index in [1.807, 2.05) is 24.3 Å². The molecular weight excluding hydrogens is 152 g/mol. The van der Waals surface area contributed by atoms with E-state index in [4.69, 9.17) is 15.6 Å². The number of rotatable bonds is 1. The molecule has 0 unspecified atom stereocenters. The molecule has 3 N–H and O–H groups in total. The Labute approximate surface area is 69.3 Å². The van der Waals surface area contributed by atoms with Crippen LogP contribution in [0.4, 0.5) is 0 Å². The Morgan fingerprint density at radius 1 is 1.33 bits per heavy atom. The quantitative estimate of drug-likeness (QED) is 0.492. The summed E-state index contributed by atoms with van der Waals surface area (Å²) in [5, 5.41) is 8.13. The number of amidine groups is 1. The molecule has 0 spiro atoms. The minimum atomic E-state index is -0.0359. The Morgan fingerprint density at radius 3 is 2.75 bits per heavy atom. The van der Waals surface area contributed by atoms with Crippen LogP contribution in [0.2, 0.25) is 0 Å². The van der Waals surface area contributed by atoms with E-state index in [2.05, 4.69) is 0 Å². The molecule has 0 aliphatic heterocycles. The van der Waals surface area contributed by atoms with Gasteiger partial charge in [-0.05, 0) is 12.1 Å². The molecule has 2 aromatic rings. The Balaban J connectivity index is 2.70. The fourth-order valence-electron chi connectivity index (χ4n) is 1.11. The minimum Gasteiger partial charge on any atom is -0.453 e. The summed E-state index contributed by atoms with van der Waals surface area (Å²) in [5.41, 5.74) is 6.03. The number of furan rings is 1. The van der Waals surface area contributed by atoms with Gasteiger partial charge >= 0.3 is 0 Å². The second-order valence-electron chi connectivity index (χ2n) is 2.56. The van der Waals surface area contributed by atoms with E-state index in [1.165, 1.54) is 0 Å². The van der Waals surface area contributed by atoms with Gasteiger partial charge in [-0.2, -0.15) is 0 Å². The minimum absolute atomic E-state index is 0.0359.